The summed E-state index contributed by atoms with van der Waals surface area (Å²) >= 11 is 0. The molecule has 0 aliphatic heterocycles. The molecule has 2 nitrogen and oxygen atoms in total. The molecule has 0 atom stereocenters. The number of rotatable bonds is 6. The molecular formula is C46H38N2. The number of hydrogen-bond acceptors (Lipinski definition) is 1. The molecule has 0 bridgehead atoms. The summed E-state index contributed by atoms with van der Waals surface area (Å²) in [5, 5.41) is 5.02. The third kappa shape index (κ3) is 4.71. The van der Waals surface area contributed by atoms with Crippen LogP contribution in [-0.4, -0.2) is 4.57 Å². The van der Waals surface area contributed by atoms with E-state index in [1.54, 1.807) is 0 Å². The molecule has 0 saturated heterocycles. The van der Waals surface area contributed by atoms with Gasteiger partial charge in [-0.25, -0.2) is 0 Å². The predicted molar refractivity (Wildman–Crippen MR) is 203 cm³/mol. The summed E-state index contributed by atoms with van der Waals surface area (Å²) in [5.74, 6) is 0. The van der Waals surface area contributed by atoms with Gasteiger partial charge in [-0.15, -0.1) is 0 Å². The molecular weight excluding hydrogens is 581 g/mol. The van der Waals surface area contributed by atoms with Gasteiger partial charge in [-0.05, 0) is 89.3 Å². The van der Waals surface area contributed by atoms with Crippen LogP contribution in [0.2, 0.25) is 0 Å². The smallest absolute Gasteiger partial charge is 0.0542 e. The number of benzene rings is 7. The summed E-state index contributed by atoms with van der Waals surface area (Å²) in [4.78, 5) is 2.52. The minimum absolute atomic E-state index is 0.0430. The molecule has 1 aliphatic carbocycles. The lowest BCUT2D eigenvalue weighted by molar-refractivity contribution is 0.346. The molecule has 0 amide bonds. The van der Waals surface area contributed by atoms with Crippen LogP contribution < -0.4 is 4.90 Å². The standard InChI is InChI=1S/C46H38N2/c1-4-18-36(19-5-1)46(30-14-3-15-31-46)42-23-11-13-25-45(42)47(38-27-26-34-16-8-9-17-35(34)32-38)39-28-29-44-41(33-39)40-22-10-12-24-43(40)48(44)37-20-6-2-7-21-37/h1-2,4-13,16-29,32-33H,3,14-15,30-31H2. The van der Waals surface area contributed by atoms with E-state index in [1.807, 2.05) is 0 Å². The second kappa shape index (κ2) is 11.9. The fourth-order valence-electron chi connectivity index (χ4n) is 8.40. The van der Waals surface area contributed by atoms with Crippen molar-refractivity contribution < 1.29 is 0 Å². The zero-order valence-corrected chi connectivity index (χ0v) is 27.1. The molecule has 8 aromatic rings. The number of aromatic nitrogens is 1. The summed E-state index contributed by atoms with van der Waals surface area (Å²) in [6, 6.07) is 62.7. The van der Waals surface area contributed by atoms with Crippen LogP contribution in [0.4, 0.5) is 17.1 Å². The van der Waals surface area contributed by atoms with Crippen LogP contribution in [0.15, 0.2) is 170 Å². The second-order valence-corrected chi connectivity index (χ2v) is 13.3. The molecule has 7 aromatic carbocycles. The maximum atomic E-state index is 2.52. The minimum atomic E-state index is -0.0430. The van der Waals surface area contributed by atoms with Crippen molar-refractivity contribution in [3.05, 3.63) is 181 Å². The molecule has 2 heteroatoms. The highest BCUT2D eigenvalue weighted by Gasteiger charge is 2.38. The molecule has 0 N–H and O–H groups in total. The third-order valence-corrected chi connectivity index (χ3v) is 10.6. The first-order valence-corrected chi connectivity index (χ1v) is 17.3. The Bertz CT molecular complexity index is 2380. The van der Waals surface area contributed by atoms with Crippen molar-refractivity contribution in [2.45, 2.75) is 37.5 Å². The van der Waals surface area contributed by atoms with Gasteiger partial charge in [-0.2, -0.15) is 0 Å². The lowest BCUT2D eigenvalue weighted by Crippen LogP contribution is -2.32. The molecule has 48 heavy (non-hydrogen) atoms. The largest absolute Gasteiger partial charge is 0.310 e. The fraction of sp³-hybridized carbons (Fsp3) is 0.130. The first-order valence-electron chi connectivity index (χ1n) is 17.3. The van der Waals surface area contributed by atoms with Gasteiger partial charge in [-0.1, -0.05) is 135 Å². The van der Waals surface area contributed by atoms with Gasteiger partial charge in [0, 0.05) is 33.2 Å². The van der Waals surface area contributed by atoms with Crippen molar-refractivity contribution in [3.8, 4) is 5.69 Å². The summed E-state index contributed by atoms with van der Waals surface area (Å²) in [6.45, 7) is 0. The average molecular weight is 619 g/mol. The Kier molecular flexibility index (Phi) is 7.08. The second-order valence-electron chi connectivity index (χ2n) is 13.3. The number of hydrogen-bond donors (Lipinski definition) is 0. The number of para-hydroxylation sites is 3. The monoisotopic (exact) mass is 618 g/mol. The Labute approximate surface area is 282 Å². The van der Waals surface area contributed by atoms with E-state index in [9.17, 15) is 0 Å². The first-order chi connectivity index (χ1) is 23.8. The molecule has 0 unspecified atom stereocenters. The Hall–Kier alpha value is -5.60. The number of anilines is 3. The van der Waals surface area contributed by atoms with Crippen molar-refractivity contribution in [2.75, 3.05) is 4.90 Å². The zero-order chi connectivity index (χ0) is 31.9. The van der Waals surface area contributed by atoms with Crippen LogP contribution in [0, 0.1) is 0 Å². The molecule has 0 radical (unpaired) electrons. The van der Waals surface area contributed by atoms with Crippen molar-refractivity contribution >= 4 is 49.6 Å². The van der Waals surface area contributed by atoms with Gasteiger partial charge in [0.25, 0.3) is 0 Å². The SMILES string of the molecule is c1ccc(-n2c3ccccc3c3cc(N(c4ccc5ccccc5c4)c4ccccc4C4(c5ccccc5)CCCCC4)ccc32)cc1. The number of nitrogens with zero attached hydrogens (tertiary/aromatic N) is 2. The Morgan fingerprint density at radius 3 is 1.92 bits per heavy atom. The highest BCUT2D eigenvalue weighted by molar-refractivity contribution is 6.10. The molecule has 232 valence electrons. The van der Waals surface area contributed by atoms with Gasteiger partial charge >= 0.3 is 0 Å². The van der Waals surface area contributed by atoms with Crippen LogP contribution in [0.25, 0.3) is 38.3 Å². The molecule has 1 heterocycles. The van der Waals surface area contributed by atoms with Crippen LogP contribution in [0.1, 0.15) is 43.2 Å². The highest BCUT2D eigenvalue weighted by atomic mass is 15.1. The molecule has 1 aromatic heterocycles. The van der Waals surface area contributed by atoms with Crippen LogP contribution >= 0.6 is 0 Å². The molecule has 9 rings (SSSR count). The Morgan fingerprint density at radius 2 is 1.08 bits per heavy atom. The van der Waals surface area contributed by atoms with Gasteiger partial charge in [-0.3, -0.25) is 0 Å². The van der Waals surface area contributed by atoms with Crippen LogP contribution in [0.3, 0.4) is 0 Å². The summed E-state index contributed by atoms with van der Waals surface area (Å²) in [7, 11) is 0. The van der Waals surface area contributed by atoms with E-state index in [0.717, 1.165) is 12.8 Å². The normalized spacial score (nSPS) is 14.4. The van der Waals surface area contributed by atoms with Gasteiger partial charge in [0.05, 0.1) is 16.7 Å². The quantitative estimate of drug-likeness (QED) is 0.180. The van der Waals surface area contributed by atoms with Gasteiger partial charge < -0.3 is 9.47 Å². The van der Waals surface area contributed by atoms with Crippen molar-refractivity contribution in [1.82, 2.24) is 4.57 Å². The predicted octanol–water partition coefficient (Wildman–Crippen LogP) is 12.7. The first kappa shape index (κ1) is 28.6. The summed E-state index contributed by atoms with van der Waals surface area (Å²) in [6.07, 6.45) is 6.09. The molecule has 1 saturated carbocycles. The topological polar surface area (TPSA) is 8.17 Å². The highest BCUT2D eigenvalue weighted by Crippen LogP contribution is 2.51. The van der Waals surface area contributed by atoms with E-state index >= 15 is 0 Å². The summed E-state index contributed by atoms with van der Waals surface area (Å²) in [5.41, 5.74) is 10.0. The zero-order valence-electron chi connectivity index (χ0n) is 27.1. The van der Waals surface area contributed by atoms with Crippen molar-refractivity contribution in [1.29, 1.82) is 0 Å². The van der Waals surface area contributed by atoms with Gasteiger partial charge in [0.1, 0.15) is 0 Å². The van der Waals surface area contributed by atoms with Crippen molar-refractivity contribution in [2.24, 2.45) is 0 Å². The summed E-state index contributed by atoms with van der Waals surface area (Å²) < 4.78 is 2.40. The van der Waals surface area contributed by atoms with Gasteiger partial charge in [0.15, 0.2) is 0 Å². The Balaban J connectivity index is 1.31. The van der Waals surface area contributed by atoms with E-state index in [-0.39, 0.29) is 5.41 Å². The number of fused-ring (bicyclic) bond motifs is 4. The maximum Gasteiger partial charge on any atom is 0.0542 e. The van der Waals surface area contributed by atoms with Gasteiger partial charge in [0.2, 0.25) is 0 Å². The average Bonchev–Trinajstić information content (AvgIpc) is 3.50. The molecule has 0 spiro atoms. The van der Waals surface area contributed by atoms with E-state index in [2.05, 4.69) is 179 Å². The Morgan fingerprint density at radius 1 is 0.458 bits per heavy atom. The lowest BCUT2D eigenvalue weighted by atomic mass is 9.64. The third-order valence-electron chi connectivity index (χ3n) is 10.6. The molecule has 1 aliphatic rings. The molecule has 1 fully saturated rings. The van der Waals surface area contributed by atoms with Crippen LogP contribution in [-0.2, 0) is 5.41 Å². The fourth-order valence-corrected chi connectivity index (χ4v) is 8.40. The lowest BCUT2D eigenvalue weighted by Gasteiger charge is -2.41. The van der Waals surface area contributed by atoms with E-state index in [0.29, 0.717) is 0 Å². The minimum Gasteiger partial charge on any atom is -0.310 e. The maximum absolute atomic E-state index is 2.52. The van der Waals surface area contributed by atoms with Crippen molar-refractivity contribution in [3.63, 3.8) is 0 Å². The van der Waals surface area contributed by atoms with E-state index < -0.39 is 0 Å². The van der Waals surface area contributed by atoms with Crippen LogP contribution in [0.5, 0.6) is 0 Å². The van der Waals surface area contributed by atoms with E-state index in [1.165, 1.54) is 85.7 Å². The van der Waals surface area contributed by atoms with E-state index in [4.69, 9.17) is 0 Å².